The van der Waals surface area contributed by atoms with E-state index in [1.165, 1.54) is 11.1 Å². The van der Waals surface area contributed by atoms with Gasteiger partial charge in [-0.25, -0.2) is 0 Å². The van der Waals surface area contributed by atoms with Crippen molar-refractivity contribution in [3.8, 4) is 11.5 Å². The van der Waals surface area contributed by atoms with Crippen LogP contribution in [0.3, 0.4) is 0 Å². The SMILES string of the molecule is COc1cc2c(cc1OC)C(CCCCl)OCC2. The minimum Gasteiger partial charge on any atom is -0.493 e. The molecule has 1 atom stereocenters. The summed E-state index contributed by atoms with van der Waals surface area (Å²) >= 11 is 5.75. The molecule has 1 aromatic carbocycles. The van der Waals surface area contributed by atoms with Crippen LogP contribution in [0.4, 0.5) is 0 Å². The van der Waals surface area contributed by atoms with Gasteiger partial charge in [0, 0.05) is 5.88 Å². The topological polar surface area (TPSA) is 27.7 Å². The number of ether oxygens (including phenoxy) is 3. The highest BCUT2D eigenvalue weighted by molar-refractivity contribution is 6.17. The molecule has 0 radical (unpaired) electrons. The molecule has 3 nitrogen and oxygen atoms in total. The number of fused-ring (bicyclic) bond motifs is 1. The molecule has 0 fully saturated rings. The van der Waals surface area contributed by atoms with Crippen LogP contribution in [0.15, 0.2) is 12.1 Å². The van der Waals surface area contributed by atoms with Crippen LogP contribution in [0.5, 0.6) is 11.5 Å². The van der Waals surface area contributed by atoms with Crippen LogP contribution in [-0.4, -0.2) is 26.7 Å². The minimum absolute atomic E-state index is 0.132. The van der Waals surface area contributed by atoms with Crippen molar-refractivity contribution in [3.63, 3.8) is 0 Å². The van der Waals surface area contributed by atoms with Crippen molar-refractivity contribution in [2.75, 3.05) is 26.7 Å². The molecule has 0 saturated carbocycles. The molecule has 2 rings (SSSR count). The zero-order valence-corrected chi connectivity index (χ0v) is 11.6. The molecule has 0 saturated heterocycles. The van der Waals surface area contributed by atoms with E-state index in [0.29, 0.717) is 5.88 Å². The molecule has 0 aliphatic carbocycles. The Balaban J connectivity index is 2.31. The highest BCUT2D eigenvalue weighted by Gasteiger charge is 2.23. The second kappa shape index (κ2) is 6.30. The first kappa shape index (κ1) is 13.5. The molecule has 1 aromatic rings. The lowest BCUT2D eigenvalue weighted by molar-refractivity contribution is 0.0359. The minimum atomic E-state index is 0.132. The maximum atomic E-state index is 5.82. The maximum absolute atomic E-state index is 5.82. The highest BCUT2D eigenvalue weighted by Crippen LogP contribution is 2.38. The maximum Gasteiger partial charge on any atom is 0.161 e. The van der Waals surface area contributed by atoms with E-state index in [-0.39, 0.29) is 6.10 Å². The van der Waals surface area contributed by atoms with E-state index in [9.17, 15) is 0 Å². The first-order valence-electron chi connectivity index (χ1n) is 6.22. The summed E-state index contributed by atoms with van der Waals surface area (Å²) in [6.45, 7) is 0.759. The predicted octanol–water partition coefficient (Wildman–Crippen LogP) is 3.34. The largest absolute Gasteiger partial charge is 0.493 e. The lowest BCUT2D eigenvalue weighted by Crippen LogP contribution is -2.17. The van der Waals surface area contributed by atoms with Crippen LogP contribution in [0, 0.1) is 0 Å². The number of methoxy groups -OCH3 is 2. The van der Waals surface area contributed by atoms with Crippen molar-refractivity contribution >= 4 is 11.6 Å². The Kier molecular flexibility index (Phi) is 4.72. The zero-order valence-electron chi connectivity index (χ0n) is 10.9. The van der Waals surface area contributed by atoms with Gasteiger partial charge >= 0.3 is 0 Å². The Morgan fingerprint density at radius 3 is 2.67 bits per heavy atom. The molecule has 0 amide bonds. The first-order valence-corrected chi connectivity index (χ1v) is 6.76. The molecule has 1 unspecified atom stereocenters. The lowest BCUT2D eigenvalue weighted by atomic mass is 9.94. The number of alkyl halides is 1. The van der Waals surface area contributed by atoms with Crippen LogP contribution in [-0.2, 0) is 11.2 Å². The summed E-state index contributed by atoms with van der Waals surface area (Å²) in [5.41, 5.74) is 2.50. The third-order valence-corrected chi connectivity index (χ3v) is 3.55. The van der Waals surface area contributed by atoms with E-state index in [1.54, 1.807) is 14.2 Å². The van der Waals surface area contributed by atoms with Gasteiger partial charge in [-0.2, -0.15) is 0 Å². The Bertz CT molecular complexity index is 406. The summed E-state index contributed by atoms with van der Waals surface area (Å²) in [6, 6.07) is 4.09. The summed E-state index contributed by atoms with van der Waals surface area (Å²) in [5.74, 6) is 2.22. The van der Waals surface area contributed by atoms with Crippen LogP contribution >= 0.6 is 11.6 Å². The summed E-state index contributed by atoms with van der Waals surface area (Å²) in [7, 11) is 3.32. The van der Waals surface area contributed by atoms with Gasteiger partial charge in [0.2, 0.25) is 0 Å². The molecule has 0 aromatic heterocycles. The van der Waals surface area contributed by atoms with Gasteiger partial charge in [0.15, 0.2) is 11.5 Å². The van der Waals surface area contributed by atoms with Crippen molar-refractivity contribution in [3.05, 3.63) is 23.3 Å². The Labute approximate surface area is 113 Å². The predicted molar refractivity (Wildman–Crippen MR) is 71.9 cm³/mol. The number of halogens is 1. The highest BCUT2D eigenvalue weighted by atomic mass is 35.5. The van der Waals surface area contributed by atoms with E-state index in [4.69, 9.17) is 25.8 Å². The van der Waals surface area contributed by atoms with E-state index in [0.717, 1.165) is 37.4 Å². The van der Waals surface area contributed by atoms with Crippen molar-refractivity contribution in [1.29, 1.82) is 0 Å². The normalized spacial score (nSPS) is 18.3. The molecule has 1 heterocycles. The third kappa shape index (κ3) is 2.73. The fourth-order valence-corrected chi connectivity index (χ4v) is 2.51. The average Bonchev–Trinajstić information content (AvgIpc) is 2.43. The van der Waals surface area contributed by atoms with Gasteiger partial charge in [0.1, 0.15) is 0 Å². The first-order chi connectivity index (χ1) is 8.80. The molecule has 0 spiro atoms. The van der Waals surface area contributed by atoms with E-state index in [1.807, 2.05) is 6.07 Å². The van der Waals surface area contributed by atoms with Gasteiger partial charge in [-0.3, -0.25) is 0 Å². The molecule has 100 valence electrons. The van der Waals surface area contributed by atoms with Gasteiger partial charge in [0.25, 0.3) is 0 Å². The molecular weight excluding hydrogens is 252 g/mol. The lowest BCUT2D eigenvalue weighted by Gasteiger charge is -2.27. The second-order valence-electron chi connectivity index (χ2n) is 4.35. The smallest absolute Gasteiger partial charge is 0.161 e. The van der Waals surface area contributed by atoms with Gasteiger partial charge in [-0.05, 0) is 42.5 Å². The fraction of sp³-hybridized carbons (Fsp3) is 0.571. The van der Waals surface area contributed by atoms with Crippen molar-refractivity contribution in [2.24, 2.45) is 0 Å². The van der Waals surface area contributed by atoms with E-state index < -0.39 is 0 Å². The molecular formula is C14H19ClO3. The van der Waals surface area contributed by atoms with E-state index in [2.05, 4.69) is 6.07 Å². The molecule has 1 aliphatic heterocycles. The van der Waals surface area contributed by atoms with Crippen LogP contribution in [0.1, 0.15) is 30.1 Å². The van der Waals surface area contributed by atoms with Crippen LogP contribution in [0.25, 0.3) is 0 Å². The number of hydrogen-bond acceptors (Lipinski definition) is 3. The van der Waals surface area contributed by atoms with Crippen LogP contribution in [0.2, 0.25) is 0 Å². The summed E-state index contributed by atoms with van der Waals surface area (Å²) < 4.78 is 16.5. The van der Waals surface area contributed by atoms with Crippen LogP contribution < -0.4 is 9.47 Å². The van der Waals surface area contributed by atoms with Gasteiger partial charge in [-0.1, -0.05) is 0 Å². The molecule has 18 heavy (non-hydrogen) atoms. The van der Waals surface area contributed by atoms with Crippen molar-refractivity contribution < 1.29 is 14.2 Å². The molecule has 1 aliphatic rings. The average molecular weight is 271 g/mol. The summed E-state index contributed by atoms with van der Waals surface area (Å²) in [6.07, 6.45) is 2.96. The Hall–Kier alpha value is -0.930. The number of hydrogen-bond donors (Lipinski definition) is 0. The third-order valence-electron chi connectivity index (χ3n) is 3.28. The van der Waals surface area contributed by atoms with Gasteiger partial charge in [0.05, 0.1) is 26.9 Å². The fourth-order valence-electron chi connectivity index (χ4n) is 2.36. The van der Waals surface area contributed by atoms with Crippen molar-refractivity contribution in [2.45, 2.75) is 25.4 Å². The van der Waals surface area contributed by atoms with E-state index >= 15 is 0 Å². The summed E-state index contributed by atoms with van der Waals surface area (Å²) in [4.78, 5) is 0. The summed E-state index contributed by atoms with van der Waals surface area (Å²) in [5, 5.41) is 0. The second-order valence-corrected chi connectivity index (χ2v) is 4.72. The van der Waals surface area contributed by atoms with Gasteiger partial charge in [-0.15, -0.1) is 11.6 Å². The van der Waals surface area contributed by atoms with Gasteiger partial charge < -0.3 is 14.2 Å². The molecule has 0 N–H and O–H groups in total. The standard InChI is InChI=1S/C14H19ClO3/c1-16-13-8-10-5-7-18-12(4-3-6-15)11(10)9-14(13)17-2/h8-9,12H,3-7H2,1-2H3. The monoisotopic (exact) mass is 270 g/mol. The Morgan fingerprint density at radius 1 is 1.28 bits per heavy atom. The number of rotatable bonds is 5. The Morgan fingerprint density at radius 2 is 2.00 bits per heavy atom. The van der Waals surface area contributed by atoms with Crippen molar-refractivity contribution in [1.82, 2.24) is 0 Å². The quantitative estimate of drug-likeness (QED) is 0.768. The molecule has 4 heteroatoms. The molecule has 0 bridgehead atoms. The number of benzene rings is 1. The zero-order chi connectivity index (χ0) is 13.0.